The first-order chi connectivity index (χ1) is 10.7. The van der Waals surface area contributed by atoms with Gasteiger partial charge in [0.05, 0.1) is 19.9 Å². The number of benzene rings is 1. The van der Waals surface area contributed by atoms with Crippen LogP contribution in [-0.4, -0.2) is 50.1 Å². The lowest BCUT2D eigenvalue weighted by Gasteiger charge is -2.31. The van der Waals surface area contributed by atoms with Crippen molar-refractivity contribution in [3.8, 4) is 16.9 Å². The van der Waals surface area contributed by atoms with Crippen molar-refractivity contribution in [2.75, 3.05) is 46.1 Å². The Morgan fingerprint density at radius 2 is 1.95 bits per heavy atom. The molecule has 0 amide bonds. The Balaban J connectivity index is 1.75. The molecular formula is C17H23N3O2. The lowest BCUT2D eigenvalue weighted by atomic mass is 10.1. The predicted octanol–water partition coefficient (Wildman–Crippen LogP) is 2.28. The zero-order valence-electron chi connectivity index (χ0n) is 13.2. The Bertz CT molecular complexity index is 631. The number of nitrogen functional groups attached to an aromatic ring is 1. The smallest absolute Gasteiger partial charge is 0.126 e. The molecule has 2 N–H and O–H groups in total. The van der Waals surface area contributed by atoms with Gasteiger partial charge in [0.2, 0.25) is 0 Å². The van der Waals surface area contributed by atoms with Gasteiger partial charge < -0.3 is 19.8 Å². The van der Waals surface area contributed by atoms with Gasteiger partial charge in [-0.1, -0.05) is 0 Å². The summed E-state index contributed by atoms with van der Waals surface area (Å²) in [5, 5.41) is 0. The SMILES string of the molecule is COc1ccc(N)cc1-c1coc(CN2CCN(C)CC2)c1. The average Bonchev–Trinajstić information content (AvgIpc) is 2.98. The molecule has 1 saturated heterocycles. The summed E-state index contributed by atoms with van der Waals surface area (Å²) >= 11 is 0. The molecule has 22 heavy (non-hydrogen) atoms. The molecule has 0 spiro atoms. The van der Waals surface area contributed by atoms with Crippen LogP contribution in [-0.2, 0) is 6.54 Å². The Morgan fingerprint density at radius 3 is 2.68 bits per heavy atom. The van der Waals surface area contributed by atoms with E-state index < -0.39 is 0 Å². The third-order valence-corrected chi connectivity index (χ3v) is 4.16. The number of hydrogen-bond acceptors (Lipinski definition) is 5. The van der Waals surface area contributed by atoms with Gasteiger partial charge in [-0.2, -0.15) is 0 Å². The normalized spacial score (nSPS) is 16.8. The number of rotatable bonds is 4. The summed E-state index contributed by atoms with van der Waals surface area (Å²) in [7, 11) is 3.83. The minimum Gasteiger partial charge on any atom is -0.496 e. The minimum absolute atomic E-state index is 0.720. The van der Waals surface area contributed by atoms with E-state index in [2.05, 4.69) is 22.9 Å². The van der Waals surface area contributed by atoms with Crippen LogP contribution in [0.25, 0.3) is 11.1 Å². The number of likely N-dealkylation sites (N-methyl/N-ethyl adjacent to an activating group) is 1. The second-order valence-electron chi connectivity index (χ2n) is 5.84. The minimum atomic E-state index is 0.720. The summed E-state index contributed by atoms with van der Waals surface area (Å²) in [6, 6.07) is 7.73. The maximum absolute atomic E-state index is 5.89. The van der Waals surface area contributed by atoms with Gasteiger partial charge in [-0.15, -0.1) is 0 Å². The zero-order chi connectivity index (χ0) is 15.5. The molecular weight excluding hydrogens is 278 g/mol. The van der Waals surface area contributed by atoms with Crippen molar-refractivity contribution in [2.45, 2.75) is 6.54 Å². The van der Waals surface area contributed by atoms with Gasteiger partial charge in [0.25, 0.3) is 0 Å². The van der Waals surface area contributed by atoms with Crippen LogP contribution in [0, 0.1) is 0 Å². The van der Waals surface area contributed by atoms with Crippen LogP contribution in [0.1, 0.15) is 5.76 Å². The first-order valence-electron chi connectivity index (χ1n) is 7.58. The van der Waals surface area contributed by atoms with Gasteiger partial charge in [-0.3, -0.25) is 4.90 Å². The maximum Gasteiger partial charge on any atom is 0.126 e. The van der Waals surface area contributed by atoms with Gasteiger partial charge >= 0.3 is 0 Å². The van der Waals surface area contributed by atoms with Crippen molar-refractivity contribution in [3.63, 3.8) is 0 Å². The number of nitrogens with zero attached hydrogens (tertiary/aromatic N) is 2. The van der Waals surface area contributed by atoms with E-state index in [1.165, 1.54) is 0 Å². The van der Waals surface area contributed by atoms with Crippen molar-refractivity contribution >= 4 is 5.69 Å². The van der Waals surface area contributed by atoms with E-state index in [1.54, 1.807) is 13.4 Å². The van der Waals surface area contributed by atoms with Crippen LogP contribution in [0.15, 0.2) is 34.9 Å². The molecule has 2 aromatic rings. The fourth-order valence-corrected chi connectivity index (χ4v) is 2.78. The summed E-state index contributed by atoms with van der Waals surface area (Å²) in [6.45, 7) is 5.22. The topological polar surface area (TPSA) is 54.9 Å². The van der Waals surface area contributed by atoms with Crippen LogP contribution >= 0.6 is 0 Å². The second kappa shape index (κ2) is 6.42. The molecule has 1 aliphatic heterocycles. The first-order valence-corrected chi connectivity index (χ1v) is 7.58. The lowest BCUT2D eigenvalue weighted by molar-refractivity contribution is 0.140. The lowest BCUT2D eigenvalue weighted by Crippen LogP contribution is -2.43. The summed E-state index contributed by atoms with van der Waals surface area (Å²) < 4.78 is 11.1. The summed E-state index contributed by atoms with van der Waals surface area (Å²) in [5.41, 5.74) is 8.59. The fourth-order valence-electron chi connectivity index (χ4n) is 2.78. The Kier molecular flexibility index (Phi) is 4.36. The number of nitrogens with two attached hydrogens (primary N) is 1. The molecule has 0 radical (unpaired) electrons. The average molecular weight is 301 g/mol. The number of furan rings is 1. The molecule has 3 rings (SSSR count). The highest BCUT2D eigenvalue weighted by molar-refractivity contribution is 5.73. The van der Waals surface area contributed by atoms with Crippen molar-refractivity contribution < 1.29 is 9.15 Å². The fraction of sp³-hybridized carbons (Fsp3) is 0.412. The summed E-state index contributed by atoms with van der Waals surface area (Å²) in [4.78, 5) is 4.76. The first kappa shape index (κ1) is 14.9. The highest BCUT2D eigenvalue weighted by Gasteiger charge is 2.16. The van der Waals surface area contributed by atoms with Gasteiger partial charge in [0.1, 0.15) is 11.5 Å². The van der Waals surface area contributed by atoms with E-state index in [0.717, 1.165) is 61.0 Å². The van der Waals surface area contributed by atoms with E-state index >= 15 is 0 Å². The van der Waals surface area contributed by atoms with Crippen LogP contribution < -0.4 is 10.5 Å². The van der Waals surface area contributed by atoms with Crippen molar-refractivity contribution in [1.82, 2.24) is 9.80 Å². The molecule has 0 atom stereocenters. The van der Waals surface area contributed by atoms with Crippen LogP contribution in [0.5, 0.6) is 5.75 Å². The quantitative estimate of drug-likeness (QED) is 0.878. The predicted molar refractivity (Wildman–Crippen MR) is 87.9 cm³/mol. The largest absolute Gasteiger partial charge is 0.496 e. The van der Waals surface area contributed by atoms with E-state index in [1.807, 2.05) is 18.2 Å². The molecule has 5 heteroatoms. The number of anilines is 1. The second-order valence-corrected chi connectivity index (χ2v) is 5.84. The van der Waals surface area contributed by atoms with Crippen molar-refractivity contribution in [3.05, 3.63) is 36.3 Å². The van der Waals surface area contributed by atoms with Crippen LogP contribution in [0.2, 0.25) is 0 Å². The number of methoxy groups -OCH3 is 1. The molecule has 0 saturated carbocycles. The highest BCUT2D eigenvalue weighted by atomic mass is 16.5. The van der Waals surface area contributed by atoms with Crippen molar-refractivity contribution in [2.24, 2.45) is 0 Å². The molecule has 2 heterocycles. The van der Waals surface area contributed by atoms with Gasteiger partial charge in [0, 0.05) is 43.0 Å². The summed E-state index contributed by atoms with van der Waals surface area (Å²) in [6.07, 6.45) is 1.78. The molecule has 1 fully saturated rings. The monoisotopic (exact) mass is 301 g/mol. The molecule has 0 aliphatic carbocycles. The number of ether oxygens (including phenoxy) is 1. The van der Waals surface area contributed by atoms with Crippen LogP contribution in [0.3, 0.4) is 0 Å². The third-order valence-electron chi connectivity index (χ3n) is 4.16. The van der Waals surface area contributed by atoms with E-state index in [-0.39, 0.29) is 0 Å². The molecule has 118 valence electrons. The molecule has 5 nitrogen and oxygen atoms in total. The van der Waals surface area contributed by atoms with E-state index in [0.29, 0.717) is 0 Å². The Hall–Kier alpha value is -1.98. The summed E-state index contributed by atoms with van der Waals surface area (Å²) in [5.74, 6) is 1.78. The molecule has 0 unspecified atom stereocenters. The van der Waals surface area contributed by atoms with Gasteiger partial charge in [0.15, 0.2) is 0 Å². The Labute approximate surface area is 131 Å². The molecule has 1 aromatic carbocycles. The van der Waals surface area contributed by atoms with Crippen LogP contribution in [0.4, 0.5) is 5.69 Å². The Morgan fingerprint density at radius 1 is 1.18 bits per heavy atom. The molecule has 1 aliphatic rings. The molecule has 1 aromatic heterocycles. The van der Waals surface area contributed by atoms with Gasteiger partial charge in [-0.05, 0) is 31.3 Å². The molecule has 0 bridgehead atoms. The van der Waals surface area contributed by atoms with E-state index in [9.17, 15) is 0 Å². The standard InChI is InChI=1S/C17H23N3O2/c1-19-5-7-20(8-6-19)11-15-9-13(12-22-15)16-10-14(18)3-4-17(16)21-2/h3-4,9-10,12H,5-8,11,18H2,1-2H3. The highest BCUT2D eigenvalue weighted by Crippen LogP contribution is 2.33. The van der Waals surface area contributed by atoms with Crippen molar-refractivity contribution in [1.29, 1.82) is 0 Å². The number of hydrogen-bond donors (Lipinski definition) is 1. The third kappa shape index (κ3) is 3.26. The zero-order valence-corrected chi connectivity index (χ0v) is 13.2. The maximum atomic E-state index is 5.89. The van der Waals surface area contributed by atoms with E-state index in [4.69, 9.17) is 14.9 Å². The van der Waals surface area contributed by atoms with Gasteiger partial charge in [-0.25, -0.2) is 0 Å². The number of piperazine rings is 1.